The summed E-state index contributed by atoms with van der Waals surface area (Å²) in [7, 11) is 3.62. The average molecular weight is 233 g/mol. The van der Waals surface area contributed by atoms with E-state index >= 15 is 0 Å². The maximum Gasteiger partial charge on any atom is 0.239 e. The molecule has 0 bridgehead atoms. The van der Waals surface area contributed by atoms with E-state index in [-0.39, 0.29) is 5.91 Å². The molecule has 17 heavy (non-hydrogen) atoms. The van der Waals surface area contributed by atoms with E-state index in [0.29, 0.717) is 6.54 Å². The minimum Gasteiger partial charge on any atom is -0.385 e. The fourth-order valence-electron chi connectivity index (χ4n) is 2.23. The SMILES string of the molecule is CNC(=O)CN(C)c1cccc2c1CCCN2. The third-order valence-corrected chi connectivity index (χ3v) is 3.14. The molecule has 2 rings (SSSR count). The van der Waals surface area contributed by atoms with Crippen LogP contribution in [0.4, 0.5) is 11.4 Å². The number of carbonyl (C=O) groups is 1. The Morgan fingerprint density at radius 1 is 1.53 bits per heavy atom. The second-order valence-corrected chi connectivity index (χ2v) is 4.36. The number of rotatable bonds is 3. The molecule has 1 aliphatic rings. The molecule has 1 aliphatic heterocycles. The fourth-order valence-corrected chi connectivity index (χ4v) is 2.23. The van der Waals surface area contributed by atoms with E-state index in [9.17, 15) is 4.79 Å². The molecule has 4 nitrogen and oxygen atoms in total. The van der Waals surface area contributed by atoms with Crippen molar-refractivity contribution >= 4 is 17.3 Å². The van der Waals surface area contributed by atoms with Gasteiger partial charge in [0.2, 0.25) is 5.91 Å². The number of carbonyl (C=O) groups excluding carboxylic acids is 1. The van der Waals surface area contributed by atoms with Gasteiger partial charge < -0.3 is 15.5 Å². The third kappa shape index (κ3) is 2.52. The largest absolute Gasteiger partial charge is 0.385 e. The molecule has 4 heteroatoms. The van der Waals surface area contributed by atoms with Crippen molar-refractivity contribution in [2.24, 2.45) is 0 Å². The van der Waals surface area contributed by atoms with E-state index in [1.807, 2.05) is 18.0 Å². The normalized spacial score (nSPS) is 13.5. The molecular weight excluding hydrogens is 214 g/mol. The van der Waals surface area contributed by atoms with Gasteiger partial charge in [-0.3, -0.25) is 4.79 Å². The predicted molar refractivity (Wildman–Crippen MR) is 70.6 cm³/mol. The number of hydrogen-bond donors (Lipinski definition) is 2. The van der Waals surface area contributed by atoms with Gasteiger partial charge >= 0.3 is 0 Å². The number of hydrogen-bond acceptors (Lipinski definition) is 3. The van der Waals surface area contributed by atoms with Gasteiger partial charge in [-0.05, 0) is 30.5 Å². The Bertz CT molecular complexity index is 417. The molecule has 92 valence electrons. The molecule has 0 spiro atoms. The highest BCUT2D eigenvalue weighted by atomic mass is 16.1. The zero-order valence-electron chi connectivity index (χ0n) is 10.4. The summed E-state index contributed by atoms with van der Waals surface area (Å²) in [6.07, 6.45) is 2.23. The van der Waals surface area contributed by atoms with E-state index in [4.69, 9.17) is 0 Å². The fraction of sp³-hybridized carbons (Fsp3) is 0.462. The highest BCUT2D eigenvalue weighted by Crippen LogP contribution is 2.30. The standard InChI is InChI=1S/C13H19N3O/c1-14-13(17)9-16(2)12-7-3-6-11-10(12)5-4-8-15-11/h3,6-7,15H,4-5,8-9H2,1-2H3,(H,14,17). The maximum absolute atomic E-state index is 11.4. The summed E-state index contributed by atoms with van der Waals surface area (Å²) in [6.45, 7) is 1.43. The summed E-state index contributed by atoms with van der Waals surface area (Å²) in [4.78, 5) is 13.4. The Labute approximate surface area is 102 Å². The molecule has 2 N–H and O–H groups in total. The molecule has 0 radical (unpaired) electrons. The Morgan fingerprint density at radius 3 is 3.12 bits per heavy atom. The summed E-state index contributed by atoms with van der Waals surface area (Å²) in [6, 6.07) is 6.22. The van der Waals surface area contributed by atoms with Crippen molar-refractivity contribution in [3.05, 3.63) is 23.8 Å². The second-order valence-electron chi connectivity index (χ2n) is 4.36. The third-order valence-electron chi connectivity index (χ3n) is 3.14. The van der Waals surface area contributed by atoms with E-state index in [1.165, 1.54) is 11.3 Å². The van der Waals surface area contributed by atoms with Gasteiger partial charge in [0.15, 0.2) is 0 Å². The van der Waals surface area contributed by atoms with E-state index in [1.54, 1.807) is 7.05 Å². The Hall–Kier alpha value is -1.71. The van der Waals surface area contributed by atoms with Crippen LogP contribution < -0.4 is 15.5 Å². The summed E-state index contributed by atoms with van der Waals surface area (Å²) in [5.74, 6) is 0.0360. The number of anilines is 2. The van der Waals surface area contributed by atoms with Crippen LogP contribution in [0.5, 0.6) is 0 Å². The van der Waals surface area contributed by atoms with Crippen molar-refractivity contribution in [1.29, 1.82) is 0 Å². The molecule has 0 aliphatic carbocycles. The summed E-state index contributed by atoms with van der Waals surface area (Å²) >= 11 is 0. The first-order valence-electron chi connectivity index (χ1n) is 6.00. The van der Waals surface area contributed by atoms with Crippen LogP contribution in [0.15, 0.2) is 18.2 Å². The van der Waals surface area contributed by atoms with E-state index in [2.05, 4.69) is 22.8 Å². The first kappa shape index (κ1) is 11.8. The summed E-state index contributed by atoms with van der Waals surface area (Å²) < 4.78 is 0. The smallest absolute Gasteiger partial charge is 0.239 e. The van der Waals surface area contributed by atoms with Crippen LogP contribution in [-0.2, 0) is 11.2 Å². The lowest BCUT2D eigenvalue weighted by Crippen LogP contribution is -2.33. The summed E-state index contributed by atoms with van der Waals surface area (Å²) in [5.41, 5.74) is 3.68. The lowest BCUT2D eigenvalue weighted by atomic mass is 10.0. The van der Waals surface area contributed by atoms with Gasteiger partial charge in [0.1, 0.15) is 0 Å². The second kappa shape index (κ2) is 5.08. The zero-order valence-corrected chi connectivity index (χ0v) is 10.4. The molecule has 1 heterocycles. The Balaban J connectivity index is 2.22. The highest BCUT2D eigenvalue weighted by molar-refractivity contribution is 5.82. The lowest BCUT2D eigenvalue weighted by molar-refractivity contribution is -0.119. The number of fused-ring (bicyclic) bond motifs is 1. The average Bonchev–Trinajstić information content (AvgIpc) is 2.37. The Kier molecular flexibility index (Phi) is 3.52. The molecule has 0 saturated carbocycles. The predicted octanol–water partition coefficient (Wildman–Crippen LogP) is 1.23. The van der Waals surface area contributed by atoms with Crippen LogP contribution in [0.1, 0.15) is 12.0 Å². The molecule has 0 aromatic heterocycles. The van der Waals surface area contributed by atoms with Crippen LogP contribution in [0.25, 0.3) is 0 Å². The number of likely N-dealkylation sites (N-methyl/N-ethyl adjacent to an activating group) is 2. The topological polar surface area (TPSA) is 44.4 Å². The molecular formula is C13H19N3O. The number of nitrogens with one attached hydrogen (secondary N) is 2. The van der Waals surface area contributed by atoms with Crippen LogP contribution in [-0.4, -0.2) is 33.1 Å². The minimum absolute atomic E-state index is 0.0360. The van der Waals surface area contributed by atoms with Crippen molar-refractivity contribution in [3.8, 4) is 0 Å². The molecule has 0 saturated heterocycles. The minimum atomic E-state index is 0.0360. The maximum atomic E-state index is 11.4. The van der Waals surface area contributed by atoms with E-state index < -0.39 is 0 Å². The van der Waals surface area contributed by atoms with E-state index in [0.717, 1.165) is 25.1 Å². The van der Waals surface area contributed by atoms with Gasteiger partial charge in [-0.25, -0.2) is 0 Å². The van der Waals surface area contributed by atoms with Gasteiger partial charge in [0.25, 0.3) is 0 Å². The monoisotopic (exact) mass is 233 g/mol. The van der Waals surface area contributed by atoms with Crippen LogP contribution in [0.3, 0.4) is 0 Å². The van der Waals surface area contributed by atoms with Gasteiger partial charge in [-0.1, -0.05) is 6.07 Å². The van der Waals surface area contributed by atoms with Crippen LogP contribution >= 0.6 is 0 Å². The molecule has 0 fully saturated rings. The highest BCUT2D eigenvalue weighted by Gasteiger charge is 2.15. The van der Waals surface area contributed by atoms with Gasteiger partial charge in [-0.2, -0.15) is 0 Å². The zero-order chi connectivity index (χ0) is 12.3. The van der Waals surface area contributed by atoms with Gasteiger partial charge in [-0.15, -0.1) is 0 Å². The van der Waals surface area contributed by atoms with Crippen molar-refractivity contribution in [1.82, 2.24) is 5.32 Å². The van der Waals surface area contributed by atoms with Crippen molar-refractivity contribution in [3.63, 3.8) is 0 Å². The molecule has 1 aromatic carbocycles. The number of benzene rings is 1. The van der Waals surface area contributed by atoms with Crippen molar-refractivity contribution < 1.29 is 4.79 Å². The van der Waals surface area contributed by atoms with Crippen LogP contribution in [0, 0.1) is 0 Å². The van der Waals surface area contributed by atoms with Crippen molar-refractivity contribution in [2.75, 3.05) is 37.4 Å². The quantitative estimate of drug-likeness (QED) is 0.825. The Morgan fingerprint density at radius 2 is 2.35 bits per heavy atom. The molecule has 1 aromatic rings. The lowest BCUT2D eigenvalue weighted by Gasteiger charge is -2.26. The first-order chi connectivity index (χ1) is 8.22. The molecule has 1 amide bonds. The summed E-state index contributed by atoms with van der Waals surface area (Å²) in [5, 5.41) is 6.05. The molecule has 0 atom stereocenters. The molecule has 0 unspecified atom stereocenters. The van der Waals surface area contributed by atoms with Crippen molar-refractivity contribution in [2.45, 2.75) is 12.8 Å². The first-order valence-corrected chi connectivity index (χ1v) is 6.00. The number of amides is 1. The van der Waals surface area contributed by atoms with Gasteiger partial charge in [0.05, 0.1) is 6.54 Å². The van der Waals surface area contributed by atoms with Crippen LogP contribution in [0.2, 0.25) is 0 Å². The van der Waals surface area contributed by atoms with Gasteiger partial charge in [0, 0.05) is 32.0 Å². The number of nitrogens with zero attached hydrogens (tertiary/aromatic N) is 1.